The highest BCUT2D eigenvalue weighted by molar-refractivity contribution is 6.25. The third-order valence-corrected chi connectivity index (χ3v) is 8.52. The normalized spacial score (nSPS) is 30.5. The molecule has 0 unspecified atom stereocenters. The molecule has 3 aliphatic carbocycles. The quantitative estimate of drug-likeness (QED) is 0.220. The number of carbonyl (C=O) groups is 4. The zero-order valence-corrected chi connectivity index (χ0v) is 21.5. The number of aliphatic hydroxyl groups is 3. The average Bonchev–Trinajstić information content (AvgIpc) is 2.83. The lowest BCUT2D eigenvalue weighted by molar-refractivity contribution is -0.148. The van der Waals surface area contributed by atoms with Crippen LogP contribution in [0.25, 0.3) is 0 Å². The molecule has 1 aliphatic heterocycles. The Morgan fingerprint density at radius 3 is 2.44 bits per heavy atom. The molecule has 2 amide bonds. The zero-order chi connectivity index (χ0) is 28.7. The number of allylic oxidation sites excluding steroid dienone is 1. The number of Topliss-reactive ketones (excluding diaryl/α,β-unsaturated/α-hetero) is 2. The van der Waals surface area contributed by atoms with E-state index in [2.05, 4.69) is 5.32 Å². The third kappa shape index (κ3) is 3.60. The Morgan fingerprint density at radius 1 is 1.23 bits per heavy atom. The number of nitrogens with two attached hydrogens (primary N) is 1. The summed E-state index contributed by atoms with van der Waals surface area (Å²) in [6.07, 6.45) is 0.225. The Hall–Kier alpha value is -3.81. The SMILES string of the molecule is CN(C)[C@@H]1C(O)=C(C(N)=O)C(=O)[C@@]2(O)C(O)=C3C(=O)c4c(O)c(NC(=O)[C@@H]5CCN5C)cc(F)c4C[C@H]3C[C@@H]12. The number of halogens is 1. The van der Waals surface area contributed by atoms with Gasteiger partial charge in [0.25, 0.3) is 5.91 Å². The summed E-state index contributed by atoms with van der Waals surface area (Å²) in [5.74, 6) is -9.64. The second kappa shape index (κ2) is 8.86. The molecule has 7 N–H and O–H groups in total. The maximum atomic E-state index is 15.3. The lowest BCUT2D eigenvalue weighted by Gasteiger charge is -2.50. The fraction of sp³-hybridized carbons (Fsp3) is 0.462. The van der Waals surface area contributed by atoms with Crippen LogP contribution in [0.3, 0.4) is 0 Å². The standard InChI is InChI=1S/C26H29FN4O8/c1-30(2)18-11-7-9-6-10-12(27)8-13(29-25(38)14-4-5-31(14)3)19(32)16(10)20(33)15(9)22(35)26(11,39)23(36)17(21(18)34)24(28)37/h8-9,11,14,18,32,34-35,39H,4-7H2,1-3H3,(H2,28,37)(H,29,38)/t9-,11-,14-,18-,26-/m0/s1. The van der Waals surface area contributed by atoms with Gasteiger partial charge in [-0.05, 0) is 46.3 Å². The minimum Gasteiger partial charge on any atom is -0.510 e. The van der Waals surface area contributed by atoms with Gasteiger partial charge < -0.3 is 31.5 Å². The molecule has 0 spiro atoms. The van der Waals surface area contributed by atoms with Crippen molar-refractivity contribution >= 4 is 29.1 Å². The van der Waals surface area contributed by atoms with Crippen LogP contribution < -0.4 is 11.1 Å². The first-order valence-corrected chi connectivity index (χ1v) is 12.4. The van der Waals surface area contributed by atoms with Crippen LogP contribution in [0, 0.1) is 17.7 Å². The molecule has 1 saturated heterocycles. The summed E-state index contributed by atoms with van der Waals surface area (Å²) in [7, 11) is 4.76. The molecule has 1 aromatic rings. The van der Waals surface area contributed by atoms with Gasteiger partial charge >= 0.3 is 0 Å². The fourth-order valence-corrected chi connectivity index (χ4v) is 6.43. The molecule has 12 nitrogen and oxygen atoms in total. The zero-order valence-electron chi connectivity index (χ0n) is 21.5. The molecule has 1 fully saturated rings. The van der Waals surface area contributed by atoms with Crippen molar-refractivity contribution in [3.8, 4) is 5.75 Å². The number of nitrogens with zero attached hydrogens (tertiary/aromatic N) is 2. The number of rotatable bonds is 4. The molecule has 0 bridgehead atoms. The minimum atomic E-state index is -2.79. The van der Waals surface area contributed by atoms with Gasteiger partial charge in [0, 0.05) is 29.7 Å². The van der Waals surface area contributed by atoms with Gasteiger partial charge in [0.2, 0.25) is 11.7 Å². The van der Waals surface area contributed by atoms with Crippen molar-refractivity contribution in [2.45, 2.75) is 36.9 Å². The molecule has 13 heteroatoms. The summed E-state index contributed by atoms with van der Waals surface area (Å²) >= 11 is 0. The second-order valence-corrected chi connectivity index (χ2v) is 10.8. The Labute approximate surface area is 222 Å². The maximum Gasteiger partial charge on any atom is 0.255 e. The number of aliphatic hydroxyl groups excluding tert-OH is 2. The van der Waals surface area contributed by atoms with Gasteiger partial charge in [0.1, 0.15) is 22.9 Å². The number of hydrogen-bond donors (Lipinski definition) is 6. The van der Waals surface area contributed by atoms with Crippen LogP contribution in [0.15, 0.2) is 28.7 Å². The predicted octanol–water partition coefficient (Wildman–Crippen LogP) is -0.0977. The Bertz CT molecular complexity index is 1420. The minimum absolute atomic E-state index is 0.149. The van der Waals surface area contributed by atoms with Gasteiger partial charge in [-0.1, -0.05) is 0 Å². The van der Waals surface area contributed by atoms with Crippen LogP contribution in [0.5, 0.6) is 5.75 Å². The molecular weight excluding hydrogens is 515 g/mol. The lowest BCUT2D eigenvalue weighted by Crippen LogP contribution is -2.63. The number of likely N-dealkylation sites (N-methyl/N-ethyl adjacent to an activating group) is 2. The third-order valence-electron chi connectivity index (χ3n) is 8.52. The summed E-state index contributed by atoms with van der Waals surface area (Å²) in [4.78, 5) is 54.8. The number of ketones is 2. The molecular formula is C26H29FN4O8. The second-order valence-electron chi connectivity index (χ2n) is 10.8. The number of benzene rings is 1. The van der Waals surface area contributed by atoms with E-state index in [1.165, 1.54) is 19.0 Å². The molecule has 4 aliphatic rings. The Kier molecular flexibility index (Phi) is 6.09. The molecule has 5 rings (SSSR count). The van der Waals surface area contributed by atoms with Crippen LogP contribution in [-0.4, -0.2) is 99.0 Å². The fourth-order valence-electron chi connectivity index (χ4n) is 6.43. The number of phenols is 1. The van der Waals surface area contributed by atoms with E-state index in [0.29, 0.717) is 13.0 Å². The monoisotopic (exact) mass is 544 g/mol. The summed E-state index contributed by atoms with van der Waals surface area (Å²) in [6, 6.07) is -0.701. The van der Waals surface area contributed by atoms with Crippen molar-refractivity contribution in [1.29, 1.82) is 0 Å². The van der Waals surface area contributed by atoms with E-state index in [1.807, 2.05) is 0 Å². The highest BCUT2D eigenvalue weighted by Crippen LogP contribution is 2.53. The van der Waals surface area contributed by atoms with Gasteiger partial charge in [0.05, 0.1) is 23.3 Å². The van der Waals surface area contributed by atoms with Gasteiger partial charge in [-0.15, -0.1) is 0 Å². The van der Waals surface area contributed by atoms with Gasteiger partial charge in [-0.25, -0.2) is 4.39 Å². The highest BCUT2D eigenvalue weighted by atomic mass is 19.1. The maximum absolute atomic E-state index is 15.3. The number of likely N-dealkylation sites (tertiary alicyclic amines) is 1. The molecule has 1 heterocycles. The number of carbonyl (C=O) groups excluding carboxylic acids is 4. The summed E-state index contributed by atoms with van der Waals surface area (Å²) in [5, 5.41) is 47.1. The number of nitrogens with one attached hydrogen (secondary N) is 1. The first-order chi connectivity index (χ1) is 18.2. The van der Waals surface area contributed by atoms with Crippen LogP contribution in [0.1, 0.15) is 28.8 Å². The van der Waals surface area contributed by atoms with Crippen molar-refractivity contribution in [3.63, 3.8) is 0 Å². The van der Waals surface area contributed by atoms with E-state index in [1.54, 1.807) is 11.9 Å². The number of fused-ring (bicyclic) bond motifs is 3. The molecule has 1 aromatic carbocycles. The number of primary amides is 1. The lowest BCUT2D eigenvalue weighted by atomic mass is 9.58. The smallest absolute Gasteiger partial charge is 0.255 e. The topological polar surface area (TPSA) is 194 Å². The molecule has 0 aromatic heterocycles. The van der Waals surface area contributed by atoms with Crippen LogP contribution in [0.4, 0.5) is 10.1 Å². The first-order valence-electron chi connectivity index (χ1n) is 12.4. The predicted molar refractivity (Wildman–Crippen MR) is 133 cm³/mol. The molecule has 0 radical (unpaired) electrons. The van der Waals surface area contributed by atoms with Crippen molar-refractivity contribution in [3.05, 3.63) is 45.7 Å². The number of phenolic OH excluding ortho intramolecular Hbond substituents is 1. The molecule has 208 valence electrons. The summed E-state index contributed by atoms with van der Waals surface area (Å²) in [5.41, 5.74) is 0.208. The van der Waals surface area contributed by atoms with Crippen LogP contribution in [0.2, 0.25) is 0 Å². The Balaban J connectivity index is 1.63. The van der Waals surface area contributed by atoms with Gasteiger partial charge in [0.15, 0.2) is 17.1 Å². The average molecular weight is 545 g/mol. The first kappa shape index (κ1) is 26.8. The molecule has 0 saturated carbocycles. The van der Waals surface area contributed by atoms with Gasteiger partial charge in [-0.3, -0.25) is 29.0 Å². The largest absolute Gasteiger partial charge is 0.510 e. The van der Waals surface area contributed by atoms with E-state index in [-0.39, 0.29) is 24.1 Å². The Morgan fingerprint density at radius 2 is 1.90 bits per heavy atom. The molecule has 39 heavy (non-hydrogen) atoms. The number of aromatic hydroxyl groups is 1. The summed E-state index contributed by atoms with van der Waals surface area (Å²) in [6.45, 7) is 0.692. The van der Waals surface area contributed by atoms with E-state index in [0.717, 1.165) is 6.07 Å². The summed E-state index contributed by atoms with van der Waals surface area (Å²) < 4.78 is 15.3. The van der Waals surface area contributed by atoms with E-state index in [4.69, 9.17) is 5.73 Å². The van der Waals surface area contributed by atoms with Crippen LogP contribution >= 0.6 is 0 Å². The number of anilines is 1. The number of amides is 2. The van der Waals surface area contributed by atoms with E-state index in [9.17, 15) is 39.6 Å². The molecule has 5 atom stereocenters. The van der Waals surface area contributed by atoms with Crippen molar-refractivity contribution in [1.82, 2.24) is 9.80 Å². The van der Waals surface area contributed by atoms with Crippen molar-refractivity contribution in [2.75, 3.05) is 33.0 Å². The van der Waals surface area contributed by atoms with Crippen molar-refractivity contribution < 1.29 is 44.0 Å². The van der Waals surface area contributed by atoms with Crippen molar-refractivity contribution in [2.24, 2.45) is 17.6 Å². The highest BCUT2D eigenvalue weighted by Gasteiger charge is 2.63. The van der Waals surface area contributed by atoms with E-state index >= 15 is 4.39 Å². The van der Waals surface area contributed by atoms with Crippen LogP contribution in [-0.2, 0) is 20.8 Å². The van der Waals surface area contributed by atoms with E-state index < -0.39 is 92.7 Å². The van der Waals surface area contributed by atoms with Gasteiger partial charge in [-0.2, -0.15) is 0 Å². The number of hydrogen-bond acceptors (Lipinski definition) is 10.